The molecule has 0 N–H and O–H groups in total. The van der Waals surface area contributed by atoms with Crippen molar-refractivity contribution in [1.82, 2.24) is 0 Å². The molecule has 1 unspecified atom stereocenters. The van der Waals surface area contributed by atoms with Gasteiger partial charge in [-0.1, -0.05) is 220 Å². The normalized spacial score (nSPS) is 15.4. The number of hydrogen-bond acceptors (Lipinski definition) is 1. The third kappa shape index (κ3) is 5.39. The van der Waals surface area contributed by atoms with E-state index in [-0.39, 0.29) is 5.41 Å². The van der Waals surface area contributed by atoms with Gasteiger partial charge in [0.25, 0.3) is 0 Å². The van der Waals surface area contributed by atoms with Crippen LogP contribution in [0.5, 0.6) is 0 Å². The minimum Gasteiger partial charge on any atom is -0.310 e. The molecule has 1 nitrogen and oxygen atoms in total. The standard InChI is InChI=1S/C64H45N/c1-63(2)54-25-12-9-21-50(54)51-40-39-48(41-59(51)63)65(47-37-35-45(36-38-47)44-33-31-43(32-34-44)42-17-5-3-6-18-42)60-30-16-29-58-62(60)53-23-11-14-27-56(53)64(58)55-26-13-10-22-52(55)61-49(24-15-28-57(61)64)46-19-7-4-8-20-46/h3-41H,1-2H3. The molecule has 0 saturated carbocycles. The van der Waals surface area contributed by atoms with Crippen LogP contribution in [-0.2, 0) is 10.8 Å². The molecule has 0 bridgehead atoms. The highest BCUT2D eigenvalue weighted by atomic mass is 15.1. The summed E-state index contributed by atoms with van der Waals surface area (Å²) in [6, 6.07) is 88.2. The smallest absolute Gasteiger partial charge is 0.0726 e. The number of fused-ring (bicyclic) bond motifs is 13. The zero-order valence-corrected chi connectivity index (χ0v) is 36.5. The summed E-state index contributed by atoms with van der Waals surface area (Å²) in [5.74, 6) is 0. The molecule has 1 atom stereocenters. The largest absolute Gasteiger partial charge is 0.310 e. The van der Waals surface area contributed by atoms with Gasteiger partial charge in [0.2, 0.25) is 0 Å². The predicted molar refractivity (Wildman–Crippen MR) is 271 cm³/mol. The van der Waals surface area contributed by atoms with Gasteiger partial charge in [-0.05, 0) is 125 Å². The van der Waals surface area contributed by atoms with Crippen molar-refractivity contribution in [1.29, 1.82) is 0 Å². The van der Waals surface area contributed by atoms with Crippen molar-refractivity contribution in [2.75, 3.05) is 4.90 Å². The molecule has 1 spiro atoms. The minimum absolute atomic E-state index is 0.146. The Bertz CT molecular complexity index is 3490. The molecule has 3 aliphatic carbocycles. The Kier molecular flexibility index (Phi) is 8.24. The van der Waals surface area contributed by atoms with Gasteiger partial charge < -0.3 is 4.90 Å². The van der Waals surface area contributed by atoms with Gasteiger partial charge in [-0.2, -0.15) is 0 Å². The van der Waals surface area contributed by atoms with E-state index in [4.69, 9.17) is 0 Å². The lowest BCUT2D eigenvalue weighted by molar-refractivity contribution is 0.660. The topological polar surface area (TPSA) is 3.24 Å². The van der Waals surface area contributed by atoms with Crippen LogP contribution in [0.4, 0.5) is 17.1 Å². The summed E-state index contributed by atoms with van der Waals surface area (Å²) < 4.78 is 0. The maximum atomic E-state index is 2.53. The van der Waals surface area contributed by atoms with E-state index >= 15 is 0 Å². The summed E-state index contributed by atoms with van der Waals surface area (Å²) >= 11 is 0. The van der Waals surface area contributed by atoms with Crippen LogP contribution in [0.1, 0.15) is 47.2 Å². The van der Waals surface area contributed by atoms with Crippen LogP contribution in [0.15, 0.2) is 237 Å². The van der Waals surface area contributed by atoms with Crippen LogP contribution in [0.3, 0.4) is 0 Å². The van der Waals surface area contributed by atoms with Crippen molar-refractivity contribution in [3.05, 3.63) is 270 Å². The molecule has 0 radical (unpaired) electrons. The summed E-state index contributed by atoms with van der Waals surface area (Å²) in [6.45, 7) is 4.76. The maximum absolute atomic E-state index is 2.53. The van der Waals surface area contributed by atoms with Crippen LogP contribution in [-0.4, -0.2) is 0 Å². The highest BCUT2D eigenvalue weighted by Gasteiger charge is 2.53. The molecule has 306 valence electrons. The Balaban J connectivity index is 1.03. The summed E-state index contributed by atoms with van der Waals surface area (Å²) in [5.41, 5.74) is 26.0. The first-order chi connectivity index (χ1) is 32.0. The predicted octanol–water partition coefficient (Wildman–Crippen LogP) is 16.8. The molecule has 0 fully saturated rings. The van der Waals surface area contributed by atoms with E-state index in [1.165, 1.54) is 106 Å². The molecular formula is C64H45N. The molecule has 10 aromatic rings. The van der Waals surface area contributed by atoms with Crippen LogP contribution in [0.2, 0.25) is 0 Å². The van der Waals surface area contributed by atoms with Crippen LogP contribution < -0.4 is 4.90 Å². The van der Waals surface area contributed by atoms with Gasteiger partial charge in [0, 0.05) is 22.4 Å². The molecule has 0 amide bonds. The quantitative estimate of drug-likeness (QED) is 0.161. The average molecular weight is 828 g/mol. The minimum atomic E-state index is -0.498. The molecular weight excluding hydrogens is 783 g/mol. The van der Waals surface area contributed by atoms with Crippen LogP contribution in [0.25, 0.3) is 66.8 Å². The Morgan fingerprint density at radius 1 is 0.277 bits per heavy atom. The fourth-order valence-corrected chi connectivity index (χ4v) is 11.8. The molecule has 1 heteroatoms. The van der Waals surface area contributed by atoms with E-state index in [0.717, 1.165) is 11.4 Å². The van der Waals surface area contributed by atoms with Gasteiger partial charge >= 0.3 is 0 Å². The second-order valence-electron chi connectivity index (χ2n) is 18.4. The monoisotopic (exact) mass is 827 g/mol. The number of rotatable bonds is 6. The van der Waals surface area contributed by atoms with Crippen molar-refractivity contribution >= 4 is 17.1 Å². The molecule has 0 aliphatic heterocycles. The molecule has 0 heterocycles. The first-order valence-electron chi connectivity index (χ1n) is 22.8. The number of benzene rings is 10. The van der Waals surface area contributed by atoms with Gasteiger partial charge in [-0.15, -0.1) is 0 Å². The molecule has 65 heavy (non-hydrogen) atoms. The van der Waals surface area contributed by atoms with Crippen LogP contribution >= 0.6 is 0 Å². The van der Waals surface area contributed by atoms with Crippen molar-refractivity contribution in [2.24, 2.45) is 0 Å². The fraction of sp³-hybridized carbons (Fsp3) is 0.0625. The van der Waals surface area contributed by atoms with E-state index < -0.39 is 5.41 Å². The average Bonchev–Trinajstić information content (AvgIpc) is 3.94. The number of anilines is 3. The Morgan fingerprint density at radius 3 is 1.35 bits per heavy atom. The lowest BCUT2D eigenvalue weighted by Crippen LogP contribution is -2.26. The third-order valence-corrected chi connectivity index (χ3v) is 14.7. The second-order valence-corrected chi connectivity index (χ2v) is 18.4. The van der Waals surface area contributed by atoms with Crippen molar-refractivity contribution < 1.29 is 0 Å². The van der Waals surface area contributed by atoms with E-state index in [1.54, 1.807) is 0 Å². The van der Waals surface area contributed by atoms with Gasteiger partial charge in [0.1, 0.15) is 0 Å². The number of hydrogen-bond donors (Lipinski definition) is 0. The van der Waals surface area contributed by atoms with Gasteiger partial charge in [-0.3, -0.25) is 0 Å². The first-order valence-corrected chi connectivity index (χ1v) is 22.8. The van der Waals surface area contributed by atoms with Crippen LogP contribution in [0, 0.1) is 0 Å². The Hall–Kier alpha value is -8.00. The molecule has 0 saturated heterocycles. The maximum Gasteiger partial charge on any atom is 0.0726 e. The van der Waals surface area contributed by atoms with Crippen molar-refractivity contribution in [2.45, 2.75) is 24.7 Å². The Morgan fingerprint density at radius 2 is 0.708 bits per heavy atom. The Labute approximate surface area is 381 Å². The fourth-order valence-electron chi connectivity index (χ4n) is 11.8. The zero-order valence-electron chi connectivity index (χ0n) is 36.5. The summed E-state index contributed by atoms with van der Waals surface area (Å²) in [7, 11) is 0. The lowest BCUT2D eigenvalue weighted by Gasteiger charge is -2.32. The molecule has 13 rings (SSSR count). The molecule has 0 aromatic heterocycles. The van der Waals surface area contributed by atoms with Gasteiger partial charge in [-0.25, -0.2) is 0 Å². The van der Waals surface area contributed by atoms with Crippen molar-refractivity contribution in [3.63, 3.8) is 0 Å². The molecule has 3 aliphatic rings. The zero-order chi connectivity index (χ0) is 43.3. The van der Waals surface area contributed by atoms with E-state index in [2.05, 4.69) is 255 Å². The highest BCUT2D eigenvalue weighted by Crippen LogP contribution is 2.66. The second kappa shape index (κ2) is 14.3. The first kappa shape index (κ1) is 37.5. The summed E-state index contributed by atoms with van der Waals surface area (Å²) in [6.07, 6.45) is 0. The lowest BCUT2D eigenvalue weighted by atomic mass is 9.70. The highest BCUT2D eigenvalue weighted by molar-refractivity contribution is 6.04. The number of nitrogens with zero attached hydrogens (tertiary/aromatic N) is 1. The summed E-state index contributed by atoms with van der Waals surface area (Å²) in [4.78, 5) is 2.53. The van der Waals surface area contributed by atoms with E-state index in [9.17, 15) is 0 Å². The van der Waals surface area contributed by atoms with Gasteiger partial charge in [0.15, 0.2) is 0 Å². The SMILES string of the molecule is CC1(C)c2ccccc2-c2ccc(N(c3ccc(-c4ccc(-c5ccccc5)cc4)cc3)c3cccc4c3-c3ccccc3C43c4ccccc4-c4c(-c5ccccc5)cccc43)cc21. The summed E-state index contributed by atoms with van der Waals surface area (Å²) in [5, 5.41) is 0. The van der Waals surface area contributed by atoms with Crippen molar-refractivity contribution in [3.8, 4) is 66.8 Å². The molecule has 10 aromatic carbocycles. The van der Waals surface area contributed by atoms with E-state index in [0.29, 0.717) is 0 Å². The van der Waals surface area contributed by atoms with E-state index in [1.807, 2.05) is 0 Å². The third-order valence-electron chi connectivity index (χ3n) is 14.7. The van der Waals surface area contributed by atoms with Gasteiger partial charge in [0.05, 0.1) is 11.1 Å².